The smallest absolute Gasteiger partial charge is 0.231 e. The van der Waals surface area contributed by atoms with Crippen molar-refractivity contribution in [3.8, 4) is 11.5 Å². The molecule has 5 heteroatoms. The zero-order valence-corrected chi connectivity index (χ0v) is 12.4. The number of rotatable bonds is 1. The standard InChI is InChI=1S/C17H17NO4/c1-20-17-10-3-5-18-4-2-9-6-12-13(22-8-21-12)7-11(9)14(15(10)18)16(17)19/h6-7,14-15H,2-5,8H2,1H3/t14-,15-/m0/s1. The molecule has 1 saturated heterocycles. The molecule has 0 bridgehead atoms. The van der Waals surface area contributed by atoms with Gasteiger partial charge in [0, 0.05) is 19.1 Å². The third kappa shape index (κ3) is 1.44. The van der Waals surface area contributed by atoms with E-state index in [1.54, 1.807) is 7.11 Å². The molecule has 5 nitrogen and oxygen atoms in total. The fraction of sp³-hybridized carbons (Fsp3) is 0.471. The normalized spacial score (nSPS) is 28.7. The maximum absolute atomic E-state index is 12.9. The van der Waals surface area contributed by atoms with Gasteiger partial charge in [0.2, 0.25) is 12.6 Å². The second kappa shape index (κ2) is 4.26. The van der Waals surface area contributed by atoms with Crippen LogP contribution in [0.15, 0.2) is 23.5 Å². The Balaban J connectivity index is 1.69. The molecular formula is C17H17NO4. The van der Waals surface area contributed by atoms with Crippen molar-refractivity contribution in [1.82, 2.24) is 4.90 Å². The van der Waals surface area contributed by atoms with Crippen molar-refractivity contribution < 1.29 is 19.0 Å². The van der Waals surface area contributed by atoms with Crippen molar-refractivity contribution in [2.75, 3.05) is 27.0 Å². The van der Waals surface area contributed by atoms with E-state index in [-0.39, 0.29) is 24.5 Å². The van der Waals surface area contributed by atoms with Gasteiger partial charge in [-0.25, -0.2) is 0 Å². The highest BCUT2D eigenvalue weighted by Gasteiger charge is 2.51. The Morgan fingerprint density at radius 3 is 2.77 bits per heavy atom. The van der Waals surface area contributed by atoms with Crippen LogP contribution >= 0.6 is 0 Å². The molecule has 22 heavy (non-hydrogen) atoms. The lowest BCUT2D eigenvalue weighted by atomic mass is 9.87. The first kappa shape index (κ1) is 12.5. The lowest BCUT2D eigenvalue weighted by Gasteiger charge is -2.24. The summed E-state index contributed by atoms with van der Waals surface area (Å²) in [6.07, 6.45) is 1.89. The maximum Gasteiger partial charge on any atom is 0.231 e. The van der Waals surface area contributed by atoms with Gasteiger partial charge in [-0.2, -0.15) is 0 Å². The number of methoxy groups -OCH3 is 1. The van der Waals surface area contributed by atoms with Crippen LogP contribution in [0.5, 0.6) is 11.5 Å². The Morgan fingerprint density at radius 1 is 1.18 bits per heavy atom. The number of ether oxygens (including phenoxy) is 3. The van der Waals surface area contributed by atoms with E-state index in [1.807, 2.05) is 6.07 Å². The van der Waals surface area contributed by atoms with Gasteiger partial charge in [-0.3, -0.25) is 9.69 Å². The summed E-state index contributed by atoms with van der Waals surface area (Å²) in [7, 11) is 1.61. The number of ketones is 1. The van der Waals surface area contributed by atoms with Gasteiger partial charge in [-0.15, -0.1) is 0 Å². The van der Waals surface area contributed by atoms with E-state index >= 15 is 0 Å². The zero-order valence-electron chi connectivity index (χ0n) is 12.4. The topological polar surface area (TPSA) is 48.0 Å². The van der Waals surface area contributed by atoms with Crippen LogP contribution in [0.3, 0.4) is 0 Å². The summed E-state index contributed by atoms with van der Waals surface area (Å²) in [5, 5.41) is 0. The van der Waals surface area contributed by atoms with Crippen LogP contribution in [0.4, 0.5) is 0 Å². The predicted octanol–water partition coefficient (Wildman–Crippen LogP) is 1.61. The average molecular weight is 299 g/mol. The molecule has 0 spiro atoms. The molecule has 0 N–H and O–H groups in total. The molecule has 3 aliphatic heterocycles. The van der Waals surface area contributed by atoms with Gasteiger partial charge in [0.05, 0.1) is 13.0 Å². The van der Waals surface area contributed by atoms with Gasteiger partial charge < -0.3 is 14.2 Å². The first-order valence-electron chi connectivity index (χ1n) is 7.75. The minimum atomic E-state index is -0.153. The number of carbonyl (C=O) groups excluding carboxylic acids is 1. The first-order chi connectivity index (χ1) is 10.8. The molecule has 5 rings (SSSR count). The van der Waals surface area contributed by atoms with Crippen molar-refractivity contribution in [2.45, 2.75) is 24.8 Å². The Kier molecular flexibility index (Phi) is 2.42. The van der Waals surface area contributed by atoms with E-state index in [0.717, 1.165) is 43.0 Å². The summed E-state index contributed by atoms with van der Waals surface area (Å²) in [5.41, 5.74) is 3.48. The first-order valence-corrected chi connectivity index (χ1v) is 7.75. The summed E-state index contributed by atoms with van der Waals surface area (Å²) in [6, 6.07) is 4.24. The minimum absolute atomic E-state index is 0.120. The van der Waals surface area contributed by atoms with E-state index < -0.39 is 0 Å². The number of carbonyl (C=O) groups is 1. The summed E-state index contributed by atoms with van der Waals surface area (Å²) in [4.78, 5) is 15.3. The van der Waals surface area contributed by atoms with Crippen molar-refractivity contribution in [3.63, 3.8) is 0 Å². The van der Waals surface area contributed by atoms with Crippen LogP contribution in [0.2, 0.25) is 0 Å². The van der Waals surface area contributed by atoms with Crippen LogP contribution in [0.1, 0.15) is 23.5 Å². The molecule has 1 fully saturated rings. The summed E-state index contributed by atoms with van der Waals surface area (Å²) < 4.78 is 16.5. The quantitative estimate of drug-likeness (QED) is 0.788. The highest BCUT2D eigenvalue weighted by molar-refractivity contribution is 6.04. The number of nitrogens with zero attached hydrogens (tertiary/aromatic N) is 1. The van der Waals surface area contributed by atoms with Gasteiger partial charge in [-0.05, 0) is 41.7 Å². The molecule has 0 amide bonds. The number of allylic oxidation sites excluding steroid dienone is 1. The maximum atomic E-state index is 12.9. The second-order valence-electron chi connectivity index (χ2n) is 6.29. The van der Waals surface area contributed by atoms with Gasteiger partial charge in [0.15, 0.2) is 17.3 Å². The molecule has 0 radical (unpaired) electrons. The number of benzene rings is 1. The number of Topliss-reactive ketones (excluding diaryl/α,β-unsaturated/α-hetero) is 1. The molecule has 4 aliphatic rings. The molecule has 2 atom stereocenters. The summed E-state index contributed by atoms with van der Waals surface area (Å²) >= 11 is 0. The molecule has 3 heterocycles. The largest absolute Gasteiger partial charge is 0.493 e. The lowest BCUT2D eigenvalue weighted by Crippen LogP contribution is -2.34. The molecule has 0 aromatic heterocycles. The molecule has 1 aromatic carbocycles. The lowest BCUT2D eigenvalue weighted by molar-refractivity contribution is -0.119. The third-order valence-electron chi connectivity index (χ3n) is 5.37. The monoisotopic (exact) mass is 299 g/mol. The average Bonchev–Trinajstić information content (AvgIpc) is 3.16. The van der Waals surface area contributed by atoms with Crippen molar-refractivity contribution in [3.05, 3.63) is 34.6 Å². The van der Waals surface area contributed by atoms with Gasteiger partial charge in [-0.1, -0.05) is 0 Å². The number of hydrogen-bond acceptors (Lipinski definition) is 5. The van der Waals surface area contributed by atoms with Crippen LogP contribution in [-0.2, 0) is 16.0 Å². The molecule has 1 aliphatic carbocycles. The molecule has 0 saturated carbocycles. The minimum Gasteiger partial charge on any atom is -0.493 e. The molecule has 114 valence electrons. The van der Waals surface area contributed by atoms with Crippen LogP contribution in [0, 0.1) is 0 Å². The van der Waals surface area contributed by atoms with Crippen molar-refractivity contribution in [1.29, 1.82) is 0 Å². The van der Waals surface area contributed by atoms with Crippen molar-refractivity contribution in [2.24, 2.45) is 0 Å². The summed E-state index contributed by atoms with van der Waals surface area (Å²) in [5.74, 6) is 2.11. The van der Waals surface area contributed by atoms with Crippen molar-refractivity contribution >= 4 is 5.78 Å². The third-order valence-corrected chi connectivity index (χ3v) is 5.37. The van der Waals surface area contributed by atoms with Gasteiger partial charge in [0.1, 0.15) is 0 Å². The Morgan fingerprint density at radius 2 is 1.95 bits per heavy atom. The van der Waals surface area contributed by atoms with E-state index in [9.17, 15) is 4.79 Å². The molecule has 1 aromatic rings. The van der Waals surface area contributed by atoms with E-state index in [4.69, 9.17) is 14.2 Å². The molecule has 0 unspecified atom stereocenters. The van der Waals surface area contributed by atoms with E-state index in [1.165, 1.54) is 11.1 Å². The Bertz CT molecular complexity index is 724. The fourth-order valence-corrected chi connectivity index (χ4v) is 4.44. The highest BCUT2D eigenvalue weighted by atomic mass is 16.7. The van der Waals surface area contributed by atoms with Crippen LogP contribution < -0.4 is 9.47 Å². The zero-order chi connectivity index (χ0) is 14.8. The Hall–Kier alpha value is -2.01. The fourth-order valence-electron chi connectivity index (χ4n) is 4.44. The number of hydrogen-bond donors (Lipinski definition) is 0. The SMILES string of the molecule is COC1=C2CCN3CCc4cc5c(cc4[C@H](C1=O)[C@H]23)OCO5. The van der Waals surface area contributed by atoms with E-state index in [2.05, 4.69) is 11.0 Å². The summed E-state index contributed by atoms with van der Waals surface area (Å²) in [6.45, 7) is 2.25. The van der Waals surface area contributed by atoms with Gasteiger partial charge in [0.25, 0.3) is 0 Å². The van der Waals surface area contributed by atoms with Crippen LogP contribution in [0.25, 0.3) is 0 Å². The second-order valence-corrected chi connectivity index (χ2v) is 6.29. The molecular weight excluding hydrogens is 282 g/mol. The highest BCUT2D eigenvalue weighted by Crippen LogP contribution is 2.49. The number of fused-ring (bicyclic) bond motifs is 3. The Labute approximate surface area is 128 Å². The predicted molar refractivity (Wildman–Crippen MR) is 78.0 cm³/mol. The van der Waals surface area contributed by atoms with Gasteiger partial charge >= 0.3 is 0 Å². The van der Waals surface area contributed by atoms with E-state index in [0.29, 0.717) is 5.76 Å². The van der Waals surface area contributed by atoms with Crippen LogP contribution in [-0.4, -0.2) is 43.7 Å².